The minimum absolute atomic E-state index is 0.104. The van der Waals surface area contributed by atoms with Crippen LogP contribution in [-0.2, 0) is 11.3 Å². The molecule has 0 aliphatic carbocycles. The maximum atomic E-state index is 12.6. The Balaban J connectivity index is 1.81. The highest BCUT2D eigenvalue weighted by molar-refractivity contribution is 6.02. The van der Waals surface area contributed by atoms with E-state index in [2.05, 4.69) is 28.1 Å². The number of nitrogens with zero attached hydrogens (tertiary/aromatic N) is 2. The van der Waals surface area contributed by atoms with Crippen LogP contribution in [0.3, 0.4) is 0 Å². The van der Waals surface area contributed by atoms with E-state index in [4.69, 9.17) is 0 Å². The monoisotopic (exact) mass is 383 g/mol. The molecule has 0 spiro atoms. The molecule has 3 rings (SSSR count). The molecule has 0 saturated heterocycles. The summed E-state index contributed by atoms with van der Waals surface area (Å²) in [6.07, 6.45) is 1.68. The van der Waals surface area contributed by atoms with Gasteiger partial charge in [0.25, 0.3) is 5.91 Å². The molecule has 0 bridgehead atoms. The van der Waals surface area contributed by atoms with Crippen molar-refractivity contribution in [2.45, 2.75) is 33.4 Å². The summed E-state index contributed by atoms with van der Waals surface area (Å²) in [5.41, 5.74) is 5.32. The Hall–Kier alpha value is -3.58. The Morgan fingerprint density at radius 3 is 2.34 bits per heavy atom. The number of benzene rings is 2. The number of carbonyl (C=O) groups is 1. The van der Waals surface area contributed by atoms with Gasteiger partial charge in [0.1, 0.15) is 11.6 Å². The largest absolute Gasteiger partial charge is 0.345 e. The van der Waals surface area contributed by atoms with Gasteiger partial charge in [0.05, 0.1) is 6.04 Å². The van der Waals surface area contributed by atoms with Crippen LogP contribution in [0.5, 0.6) is 0 Å². The second-order valence-corrected chi connectivity index (χ2v) is 7.17. The van der Waals surface area contributed by atoms with Gasteiger partial charge >= 0.3 is 0 Å². The predicted octanol–water partition coefficient (Wildman–Crippen LogP) is 4.94. The highest BCUT2D eigenvalue weighted by Crippen LogP contribution is 2.20. The molecule has 0 saturated carbocycles. The first-order chi connectivity index (χ1) is 14.0. The molecule has 1 atom stereocenters. The minimum atomic E-state index is -0.364. The fraction of sp³-hybridized carbons (Fsp3) is 0.200. The van der Waals surface area contributed by atoms with Gasteiger partial charge in [-0.3, -0.25) is 4.79 Å². The van der Waals surface area contributed by atoms with E-state index in [-0.39, 0.29) is 17.5 Å². The van der Waals surface area contributed by atoms with E-state index in [9.17, 15) is 10.1 Å². The quantitative estimate of drug-likeness (QED) is 0.484. The van der Waals surface area contributed by atoms with Crippen LogP contribution in [0.15, 0.2) is 72.3 Å². The lowest BCUT2D eigenvalue weighted by atomic mass is 10.1. The van der Waals surface area contributed by atoms with E-state index in [1.807, 2.05) is 75.4 Å². The topological polar surface area (TPSA) is 57.8 Å². The number of hydrogen-bond donors (Lipinski definition) is 1. The van der Waals surface area contributed by atoms with Crippen LogP contribution in [0, 0.1) is 25.2 Å². The summed E-state index contributed by atoms with van der Waals surface area (Å²) in [6.45, 7) is 6.72. The number of amides is 1. The zero-order valence-electron chi connectivity index (χ0n) is 17.0. The highest BCUT2D eigenvalue weighted by Gasteiger charge is 2.15. The normalized spacial score (nSPS) is 12.3. The second kappa shape index (κ2) is 9.07. The number of nitriles is 1. The van der Waals surface area contributed by atoms with Gasteiger partial charge in [0.15, 0.2) is 0 Å². The average molecular weight is 383 g/mol. The standard InChI is InChI=1S/C25H25N3O/c1-18-14-23(20(3)28(18)17-21-10-6-4-7-11-21)15-24(16-26)25(29)27-19(2)22-12-8-5-9-13-22/h4-15,19H,17H2,1-3H3,(H,27,29)/b24-15-/t19-/m0/s1. The number of aromatic nitrogens is 1. The molecule has 0 fully saturated rings. The summed E-state index contributed by atoms with van der Waals surface area (Å²) < 4.78 is 2.20. The van der Waals surface area contributed by atoms with Crippen LogP contribution >= 0.6 is 0 Å². The molecule has 146 valence electrons. The van der Waals surface area contributed by atoms with Crippen molar-refractivity contribution < 1.29 is 4.79 Å². The summed E-state index contributed by atoms with van der Waals surface area (Å²) in [6, 6.07) is 23.8. The number of carbonyl (C=O) groups excluding carboxylic acids is 1. The van der Waals surface area contributed by atoms with Crippen LogP contribution in [0.25, 0.3) is 6.08 Å². The van der Waals surface area contributed by atoms with Crippen LogP contribution in [-0.4, -0.2) is 10.5 Å². The molecule has 4 heteroatoms. The fourth-order valence-electron chi connectivity index (χ4n) is 3.39. The van der Waals surface area contributed by atoms with Crippen molar-refractivity contribution >= 4 is 12.0 Å². The molecule has 1 N–H and O–H groups in total. The number of rotatable bonds is 6. The van der Waals surface area contributed by atoms with Gasteiger partial charge in [-0.05, 0) is 49.6 Å². The Bertz CT molecular complexity index is 1060. The molecule has 0 aliphatic heterocycles. The molecule has 1 amide bonds. The predicted molar refractivity (Wildman–Crippen MR) is 116 cm³/mol. The molecule has 1 heterocycles. The van der Waals surface area contributed by atoms with Crippen molar-refractivity contribution in [3.05, 3.63) is 100 Å². The fourth-order valence-corrected chi connectivity index (χ4v) is 3.39. The summed E-state index contributed by atoms with van der Waals surface area (Å²) in [5, 5.41) is 12.5. The van der Waals surface area contributed by atoms with Gasteiger partial charge in [-0.15, -0.1) is 0 Å². The van der Waals surface area contributed by atoms with Crippen LogP contribution in [0.1, 0.15) is 41.0 Å². The molecule has 0 aliphatic rings. The molecular weight excluding hydrogens is 358 g/mol. The zero-order chi connectivity index (χ0) is 20.8. The van der Waals surface area contributed by atoms with E-state index in [1.165, 1.54) is 5.56 Å². The Morgan fingerprint density at radius 2 is 1.72 bits per heavy atom. The average Bonchev–Trinajstić information content (AvgIpc) is 3.00. The molecule has 29 heavy (non-hydrogen) atoms. The van der Waals surface area contributed by atoms with Crippen molar-refractivity contribution in [3.8, 4) is 6.07 Å². The third-order valence-corrected chi connectivity index (χ3v) is 5.11. The van der Waals surface area contributed by atoms with Crippen LogP contribution < -0.4 is 5.32 Å². The van der Waals surface area contributed by atoms with Gasteiger partial charge in [0.2, 0.25) is 0 Å². The SMILES string of the molecule is Cc1cc(/C=C(/C#N)C(=O)N[C@@H](C)c2ccccc2)c(C)n1Cc1ccccc1. The molecule has 1 aromatic heterocycles. The van der Waals surface area contributed by atoms with Crippen LogP contribution in [0.2, 0.25) is 0 Å². The zero-order valence-corrected chi connectivity index (χ0v) is 17.0. The van der Waals surface area contributed by atoms with Crippen LogP contribution in [0.4, 0.5) is 0 Å². The number of hydrogen-bond acceptors (Lipinski definition) is 2. The maximum absolute atomic E-state index is 12.6. The lowest BCUT2D eigenvalue weighted by Crippen LogP contribution is -2.27. The molecule has 4 nitrogen and oxygen atoms in total. The summed E-state index contributed by atoms with van der Waals surface area (Å²) in [7, 11) is 0. The van der Waals surface area contributed by atoms with Gasteiger partial charge in [-0.25, -0.2) is 0 Å². The summed E-state index contributed by atoms with van der Waals surface area (Å²) in [5.74, 6) is -0.364. The summed E-state index contributed by atoms with van der Waals surface area (Å²) in [4.78, 5) is 12.6. The number of nitrogens with one attached hydrogen (secondary N) is 1. The molecule has 3 aromatic rings. The molecule has 2 aromatic carbocycles. The number of aryl methyl sites for hydroxylation is 1. The lowest BCUT2D eigenvalue weighted by Gasteiger charge is -2.13. The van der Waals surface area contributed by atoms with Gasteiger partial charge in [0, 0.05) is 17.9 Å². The molecule has 0 radical (unpaired) electrons. The van der Waals surface area contributed by atoms with Gasteiger partial charge in [-0.1, -0.05) is 60.7 Å². The minimum Gasteiger partial charge on any atom is -0.345 e. The first-order valence-electron chi connectivity index (χ1n) is 9.68. The van der Waals surface area contributed by atoms with Gasteiger partial charge in [-0.2, -0.15) is 5.26 Å². The summed E-state index contributed by atoms with van der Waals surface area (Å²) >= 11 is 0. The van der Waals surface area contributed by atoms with E-state index in [1.54, 1.807) is 6.08 Å². The van der Waals surface area contributed by atoms with E-state index in [0.29, 0.717) is 0 Å². The third kappa shape index (κ3) is 4.83. The van der Waals surface area contributed by atoms with Crippen molar-refractivity contribution in [2.75, 3.05) is 0 Å². The van der Waals surface area contributed by atoms with Crippen molar-refractivity contribution in [3.63, 3.8) is 0 Å². The first kappa shape index (κ1) is 20.2. The molecule has 0 unspecified atom stereocenters. The van der Waals surface area contributed by atoms with Crippen molar-refractivity contribution in [1.29, 1.82) is 5.26 Å². The Kier molecular flexibility index (Phi) is 6.31. The van der Waals surface area contributed by atoms with E-state index < -0.39 is 0 Å². The van der Waals surface area contributed by atoms with E-state index >= 15 is 0 Å². The highest BCUT2D eigenvalue weighted by atomic mass is 16.1. The molecular formula is C25H25N3O. The van der Waals surface area contributed by atoms with E-state index in [0.717, 1.165) is 29.1 Å². The smallest absolute Gasteiger partial charge is 0.262 e. The lowest BCUT2D eigenvalue weighted by molar-refractivity contribution is -0.117. The Morgan fingerprint density at radius 1 is 1.10 bits per heavy atom. The van der Waals surface area contributed by atoms with Crippen molar-refractivity contribution in [1.82, 2.24) is 9.88 Å². The maximum Gasteiger partial charge on any atom is 0.262 e. The van der Waals surface area contributed by atoms with Crippen molar-refractivity contribution in [2.24, 2.45) is 0 Å². The van der Waals surface area contributed by atoms with Gasteiger partial charge < -0.3 is 9.88 Å². The second-order valence-electron chi connectivity index (χ2n) is 7.17. The first-order valence-corrected chi connectivity index (χ1v) is 9.68. The Labute approximate surface area is 172 Å². The third-order valence-electron chi connectivity index (χ3n) is 5.11.